The number of rotatable bonds is 3. The highest BCUT2D eigenvalue weighted by molar-refractivity contribution is 6.01. The Morgan fingerprint density at radius 3 is 2.54 bits per heavy atom. The van der Waals surface area contributed by atoms with Crippen LogP contribution in [0.2, 0.25) is 0 Å². The van der Waals surface area contributed by atoms with Gasteiger partial charge in [0.05, 0.1) is 5.56 Å². The smallest absolute Gasteiger partial charge is 0.339 e. The zero-order valence-electron chi connectivity index (χ0n) is 14.2. The van der Waals surface area contributed by atoms with Crippen molar-refractivity contribution in [1.29, 1.82) is 0 Å². The number of anilines is 1. The molecule has 0 bridgehead atoms. The quantitative estimate of drug-likeness (QED) is 0.812. The normalized spacial score (nSPS) is 17.3. The van der Waals surface area contributed by atoms with Crippen LogP contribution >= 0.6 is 0 Å². The van der Waals surface area contributed by atoms with Crippen LogP contribution in [-0.4, -0.2) is 24.0 Å². The Labute approximate surface area is 142 Å². The Bertz CT molecular complexity index is 784. The molecule has 1 aliphatic rings. The van der Waals surface area contributed by atoms with Gasteiger partial charge in [-0.3, -0.25) is 4.79 Å². The summed E-state index contributed by atoms with van der Waals surface area (Å²) < 4.78 is 5.42. The predicted molar refractivity (Wildman–Crippen MR) is 93.2 cm³/mol. The summed E-state index contributed by atoms with van der Waals surface area (Å²) in [5.74, 6) is -0.650. The van der Waals surface area contributed by atoms with Gasteiger partial charge in [-0.05, 0) is 50.5 Å². The fourth-order valence-corrected chi connectivity index (χ4v) is 3.17. The lowest BCUT2D eigenvalue weighted by atomic mass is 10.1. The van der Waals surface area contributed by atoms with Crippen LogP contribution in [0.4, 0.5) is 5.69 Å². The molecule has 1 amide bonds. The van der Waals surface area contributed by atoms with Gasteiger partial charge in [0.2, 0.25) is 0 Å². The van der Waals surface area contributed by atoms with Gasteiger partial charge in [-0.2, -0.15) is 0 Å². The second kappa shape index (κ2) is 6.48. The molecule has 0 saturated heterocycles. The summed E-state index contributed by atoms with van der Waals surface area (Å²) in [6.07, 6.45) is -0.00823. The standard InChI is InChI=1S/C20H21NO3/c1-13-8-4-6-10-17(13)20(23)24-15(3)19(22)21-14(2)12-16-9-5-7-11-18(16)21/h4-11,14-15H,12H2,1-3H3/t14-,15+/m1/s1. The first-order chi connectivity index (χ1) is 11.5. The molecule has 124 valence electrons. The minimum atomic E-state index is -0.828. The van der Waals surface area contributed by atoms with Crippen molar-refractivity contribution in [3.8, 4) is 0 Å². The molecule has 1 heterocycles. The fraction of sp³-hybridized carbons (Fsp3) is 0.300. The van der Waals surface area contributed by atoms with E-state index in [0.717, 1.165) is 23.2 Å². The minimum absolute atomic E-state index is 0.0644. The van der Waals surface area contributed by atoms with Crippen molar-refractivity contribution in [3.05, 3.63) is 65.2 Å². The molecule has 0 N–H and O–H groups in total. The Morgan fingerprint density at radius 1 is 1.12 bits per heavy atom. The number of aryl methyl sites for hydroxylation is 1. The Kier molecular flexibility index (Phi) is 4.38. The lowest BCUT2D eigenvalue weighted by Crippen LogP contribution is -2.43. The number of para-hydroxylation sites is 1. The van der Waals surface area contributed by atoms with Gasteiger partial charge in [0.1, 0.15) is 0 Å². The van der Waals surface area contributed by atoms with Crippen LogP contribution in [0.15, 0.2) is 48.5 Å². The molecule has 3 rings (SSSR count). The van der Waals surface area contributed by atoms with Gasteiger partial charge in [0, 0.05) is 11.7 Å². The SMILES string of the molecule is Cc1ccccc1C(=O)O[C@@H](C)C(=O)N1c2ccccc2C[C@H]1C. The molecule has 2 aromatic rings. The summed E-state index contributed by atoms with van der Waals surface area (Å²) in [5, 5.41) is 0. The predicted octanol–water partition coefficient (Wildman–Crippen LogP) is 3.52. The van der Waals surface area contributed by atoms with Gasteiger partial charge in [-0.15, -0.1) is 0 Å². The summed E-state index contributed by atoms with van der Waals surface area (Å²) in [7, 11) is 0. The monoisotopic (exact) mass is 323 g/mol. The van der Waals surface area contributed by atoms with Gasteiger partial charge in [-0.25, -0.2) is 4.79 Å². The number of benzene rings is 2. The number of carbonyl (C=O) groups is 2. The highest BCUT2D eigenvalue weighted by atomic mass is 16.5. The number of ether oxygens (including phenoxy) is 1. The molecule has 2 atom stereocenters. The molecular formula is C20H21NO3. The third-order valence-electron chi connectivity index (χ3n) is 4.44. The third kappa shape index (κ3) is 2.92. The van der Waals surface area contributed by atoms with Gasteiger partial charge in [0.25, 0.3) is 5.91 Å². The van der Waals surface area contributed by atoms with Crippen LogP contribution in [0.3, 0.4) is 0 Å². The summed E-state index contributed by atoms with van der Waals surface area (Å²) in [6.45, 7) is 5.49. The maximum atomic E-state index is 12.8. The van der Waals surface area contributed by atoms with Crippen molar-refractivity contribution in [2.24, 2.45) is 0 Å². The molecule has 24 heavy (non-hydrogen) atoms. The van der Waals surface area contributed by atoms with E-state index in [1.807, 2.05) is 50.2 Å². The molecule has 0 aromatic heterocycles. The Balaban J connectivity index is 1.76. The first kappa shape index (κ1) is 16.2. The summed E-state index contributed by atoms with van der Waals surface area (Å²) in [4.78, 5) is 26.9. The summed E-state index contributed by atoms with van der Waals surface area (Å²) in [6, 6.07) is 15.1. The van der Waals surface area contributed by atoms with E-state index in [0.29, 0.717) is 5.56 Å². The summed E-state index contributed by atoms with van der Waals surface area (Å²) >= 11 is 0. The summed E-state index contributed by atoms with van der Waals surface area (Å²) in [5.41, 5.74) is 3.39. The maximum absolute atomic E-state index is 12.8. The van der Waals surface area contributed by atoms with Crippen LogP contribution < -0.4 is 4.90 Å². The average Bonchev–Trinajstić information content (AvgIpc) is 2.90. The van der Waals surface area contributed by atoms with E-state index in [1.165, 1.54) is 0 Å². The van der Waals surface area contributed by atoms with Crippen LogP contribution in [0, 0.1) is 6.92 Å². The minimum Gasteiger partial charge on any atom is -0.449 e. The zero-order chi connectivity index (χ0) is 17.3. The molecule has 4 heteroatoms. The van der Waals surface area contributed by atoms with E-state index in [9.17, 15) is 9.59 Å². The number of hydrogen-bond donors (Lipinski definition) is 0. The number of amides is 1. The van der Waals surface area contributed by atoms with Crippen molar-refractivity contribution in [1.82, 2.24) is 0 Å². The van der Waals surface area contributed by atoms with E-state index in [1.54, 1.807) is 24.0 Å². The third-order valence-corrected chi connectivity index (χ3v) is 4.44. The van der Waals surface area contributed by atoms with E-state index < -0.39 is 12.1 Å². The molecule has 0 fully saturated rings. The van der Waals surface area contributed by atoms with Gasteiger partial charge < -0.3 is 9.64 Å². The van der Waals surface area contributed by atoms with Crippen LogP contribution in [0.5, 0.6) is 0 Å². The number of esters is 1. The van der Waals surface area contributed by atoms with E-state index in [4.69, 9.17) is 4.74 Å². The fourth-order valence-electron chi connectivity index (χ4n) is 3.17. The van der Waals surface area contributed by atoms with Gasteiger partial charge in [-0.1, -0.05) is 36.4 Å². The molecular weight excluding hydrogens is 302 g/mol. The maximum Gasteiger partial charge on any atom is 0.339 e. The Morgan fingerprint density at radius 2 is 1.79 bits per heavy atom. The van der Waals surface area contributed by atoms with Crippen molar-refractivity contribution in [2.75, 3.05) is 4.90 Å². The lowest BCUT2D eigenvalue weighted by molar-refractivity contribution is -0.126. The van der Waals surface area contributed by atoms with Crippen molar-refractivity contribution >= 4 is 17.6 Å². The second-order valence-electron chi connectivity index (χ2n) is 6.25. The van der Waals surface area contributed by atoms with E-state index >= 15 is 0 Å². The molecule has 0 aliphatic carbocycles. The number of nitrogens with zero attached hydrogens (tertiary/aromatic N) is 1. The molecule has 2 aromatic carbocycles. The largest absolute Gasteiger partial charge is 0.449 e. The molecule has 0 unspecified atom stereocenters. The zero-order valence-corrected chi connectivity index (χ0v) is 14.2. The number of hydrogen-bond acceptors (Lipinski definition) is 3. The first-order valence-corrected chi connectivity index (χ1v) is 8.16. The highest BCUT2D eigenvalue weighted by Gasteiger charge is 2.34. The molecule has 0 radical (unpaired) electrons. The van der Waals surface area contributed by atoms with E-state index in [2.05, 4.69) is 0 Å². The van der Waals surface area contributed by atoms with Crippen molar-refractivity contribution in [3.63, 3.8) is 0 Å². The van der Waals surface area contributed by atoms with Gasteiger partial charge >= 0.3 is 5.97 Å². The molecule has 0 spiro atoms. The van der Waals surface area contributed by atoms with Crippen molar-refractivity contribution in [2.45, 2.75) is 39.3 Å². The van der Waals surface area contributed by atoms with Crippen molar-refractivity contribution < 1.29 is 14.3 Å². The Hall–Kier alpha value is -2.62. The van der Waals surface area contributed by atoms with E-state index in [-0.39, 0.29) is 11.9 Å². The molecule has 0 saturated carbocycles. The first-order valence-electron chi connectivity index (χ1n) is 8.16. The lowest BCUT2D eigenvalue weighted by Gasteiger charge is -2.26. The number of carbonyl (C=O) groups excluding carboxylic acids is 2. The highest BCUT2D eigenvalue weighted by Crippen LogP contribution is 2.32. The second-order valence-corrected chi connectivity index (χ2v) is 6.25. The van der Waals surface area contributed by atoms with Crippen LogP contribution in [-0.2, 0) is 16.0 Å². The van der Waals surface area contributed by atoms with Gasteiger partial charge in [0.15, 0.2) is 6.10 Å². The van der Waals surface area contributed by atoms with Crippen LogP contribution in [0.1, 0.15) is 35.3 Å². The topological polar surface area (TPSA) is 46.6 Å². The van der Waals surface area contributed by atoms with Crippen LogP contribution in [0.25, 0.3) is 0 Å². The average molecular weight is 323 g/mol. The molecule has 1 aliphatic heterocycles. The molecule has 4 nitrogen and oxygen atoms in total. The number of fused-ring (bicyclic) bond motifs is 1.